The average molecular weight is 222 g/mol. The highest BCUT2D eigenvalue weighted by Crippen LogP contribution is 2.19. The summed E-state index contributed by atoms with van der Waals surface area (Å²) in [5.41, 5.74) is 0. The van der Waals surface area contributed by atoms with E-state index in [4.69, 9.17) is 9.47 Å². The van der Waals surface area contributed by atoms with E-state index in [9.17, 15) is 0 Å². The maximum Gasteiger partial charge on any atom is 0.122 e. The lowest BCUT2D eigenvalue weighted by Crippen LogP contribution is -2.04. The summed E-state index contributed by atoms with van der Waals surface area (Å²) < 4.78 is 10.9. The Labute approximate surface area is 98.9 Å². The van der Waals surface area contributed by atoms with Gasteiger partial charge in [0.1, 0.15) is 11.5 Å². The molecule has 0 saturated carbocycles. The van der Waals surface area contributed by atoms with E-state index in [1.807, 2.05) is 31.2 Å². The molecule has 0 atom stereocenters. The summed E-state index contributed by atoms with van der Waals surface area (Å²) in [5, 5.41) is 0. The minimum absolute atomic E-state index is 0.547. The lowest BCUT2D eigenvalue weighted by atomic mass is 10.2. The minimum Gasteiger partial charge on any atom is -0.494 e. The first-order chi connectivity index (χ1) is 7.72. The van der Waals surface area contributed by atoms with Gasteiger partial charge in [-0.05, 0) is 25.0 Å². The Morgan fingerprint density at radius 1 is 1.12 bits per heavy atom. The number of benzene rings is 1. The fourth-order valence-corrected chi connectivity index (χ4v) is 1.08. The summed E-state index contributed by atoms with van der Waals surface area (Å²) in [4.78, 5) is 0. The van der Waals surface area contributed by atoms with Crippen molar-refractivity contribution in [2.24, 2.45) is 5.92 Å². The van der Waals surface area contributed by atoms with Gasteiger partial charge < -0.3 is 9.47 Å². The number of rotatable bonds is 5. The highest BCUT2D eigenvalue weighted by Gasteiger charge is 1.98. The summed E-state index contributed by atoms with van der Waals surface area (Å²) in [7, 11) is 0. The summed E-state index contributed by atoms with van der Waals surface area (Å²) >= 11 is 0. The van der Waals surface area contributed by atoms with E-state index in [-0.39, 0.29) is 0 Å². The zero-order valence-electron chi connectivity index (χ0n) is 10.5. The average Bonchev–Trinajstić information content (AvgIpc) is 2.30. The smallest absolute Gasteiger partial charge is 0.122 e. The molecule has 0 aliphatic rings. The van der Waals surface area contributed by atoms with E-state index in [0.717, 1.165) is 18.1 Å². The van der Waals surface area contributed by atoms with Crippen LogP contribution in [0.1, 0.15) is 20.8 Å². The lowest BCUT2D eigenvalue weighted by Gasteiger charge is -2.09. The second-order valence-corrected chi connectivity index (χ2v) is 3.61. The zero-order chi connectivity index (χ0) is 12.4. The predicted molar refractivity (Wildman–Crippen MR) is 69.2 cm³/mol. The SMILES string of the molecule is C=C.CCOc1cccc(OCC(C)C)c1. The van der Waals surface area contributed by atoms with Crippen molar-refractivity contribution in [3.8, 4) is 11.5 Å². The van der Waals surface area contributed by atoms with Gasteiger partial charge in [0, 0.05) is 6.07 Å². The number of ether oxygens (including phenoxy) is 2. The van der Waals surface area contributed by atoms with Crippen LogP contribution in [0.4, 0.5) is 0 Å². The normalized spacial score (nSPS) is 9.25. The number of hydrogen-bond acceptors (Lipinski definition) is 2. The van der Waals surface area contributed by atoms with Crippen molar-refractivity contribution in [3.05, 3.63) is 37.4 Å². The van der Waals surface area contributed by atoms with Crippen molar-refractivity contribution >= 4 is 0 Å². The lowest BCUT2D eigenvalue weighted by molar-refractivity contribution is 0.268. The van der Waals surface area contributed by atoms with E-state index in [1.54, 1.807) is 0 Å². The maximum atomic E-state index is 5.57. The van der Waals surface area contributed by atoms with Gasteiger partial charge >= 0.3 is 0 Å². The van der Waals surface area contributed by atoms with E-state index in [0.29, 0.717) is 12.5 Å². The van der Waals surface area contributed by atoms with E-state index >= 15 is 0 Å². The Morgan fingerprint density at radius 2 is 1.69 bits per heavy atom. The molecule has 0 radical (unpaired) electrons. The van der Waals surface area contributed by atoms with E-state index < -0.39 is 0 Å². The molecule has 16 heavy (non-hydrogen) atoms. The Hall–Kier alpha value is -1.44. The van der Waals surface area contributed by atoms with Gasteiger partial charge in [-0.1, -0.05) is 19.9 Å². The van der Waals surface area contributed by atoms with E-state index in [1.165, 1.54) is 0 Å². The van der Waals surface area contributed by atoms with Crippen LogP contribution in [-0.2, 0) is 0 Å². The van der Waals surface area contributed by atoms with Crippen molar-refractivity contribution in [3.63, 3.8) is 0 Å². The largest absolute Gasteiger partial charge is 0.494 e. The van der Waals surface area contributed by atoms with Crippen molar-refractivity contribution in [2.75, 3.05) is 13.2 Å². The third kappa shape index (κ3) is 6.12. The fraction of sp³-hybridized carbons (Fsp3) is 0.429. The van der Waals surface area contributed by atoms with E-state index in [2.05, 4.69) is 27.0 Å². The third-order valence-corrected chi connectivity index (χ3v) is 1.70. The quantitative estimate of drug-likeness (QED) is 0.703. The second-order valence-electron chi connectivity index (χ2n) is 3.61. The molecule has 1 rings (SSSR count). The molecule has 2 nitrogen and oxygen atoms in total. The molecule has 0 spiro atoms. The Morgan fingerprint density at radius 3 is 2.19 bits per heavy atom. The van der Waals surface area contributed by atoms with Gasteiger partial charge in [0.2, 0.25) is 0 Å². The highest BCUT2D eigenvalue weighted by atomic mass is 16.5. The first kappa shape index (κ1) is 14.6. The van der Waals surface area contributed by atoms with Gasteiger partial charge in [-0.25, -0.2) is 0 Å². The Balaban J connectivity index is 0.00000106. The monoisotopic (exact) mass is 222 g/mol. The number of hydrogen-bond donors (Lipinski definition) is 0. The Kier molecular flexibility index (Phi) is 8.04. The van der Waals surface area contributed by atoms with Crippen LogP contribution < -0.4 is 9.47 Å². The highest BCUT2D eigenvalue weighted by molar-refractivity contribution is 5.32. The maximum absolute atomic E-state index is 5.57. The van der Waals surface area contributed by atoms with Gasteiger partial charge in [0.15, 0.2) is 0 Å². The molecule has 90 valence electrons. The third-order valence-electron chi connectivity index (χ3n) is 1.70. The van der Waals surface area contributed by atoms with Crippen LogP contribution in [-0.4, -0.2) is 13.2 Å². The second kappa shape index (κ2) is 8.84. The topological polar surface area (TPSA) is 18.5 Å². The molecule has 0 bridgehead atoms. The molecule has 0 fully saturated rings. The van der Waals surface area contributed by atoms with Crippen molar-refractivity contribution < 1.29 is 9.47 Å². The summed E-state index contributed by atoms with van der Waals surface area (Å²) in [6.07, 6.45) is 0. The van der Waals surface area contributed by atoms with Crippen LogP contribution in [0.25, 0.3) is 0 Å². The van der Waals surface area contributed by atoms with Gasteiger partial charge in [0.25, 0.3) is 0 Å². The van der Waals surface area contributed by atoms with Crippen molar-refractivity contribution in [2.45, 2.75) is 20.8 Å². The van der Waals surface area contributed by atoms with Crippen molar-refractivity contribution in [1.29, 1.82) is 0 Å². The molecule has 0 heterocycles. The van der Waals surface area contributed by atoms with Crippen LogP contribution in [0.2, 0.25) is 0 Å². The standard InChI is InChI=1S/C12H18O2.C2H4/c1-4-13-11-6-5-7-12(8-11)14-9-10(2)3;1-2/h5-8,10H,4,9H2,1-3H3;1-2H2. The van der Waals surface area contributed by atoms with Crippen LogP contribution in [0.3, 0.4) is 0 Å². The molecule has 0 saturated heterocycles. The minimum atomic E-state index is 0.547. The van der Waals surface area contributed by atoms with Crippen molar-refractivity contribution in [1.82, 2.24) is 0 Å². The molecule has 0 unspecified atom stereocenters. The summed E-state index contributed by atoms with van der Waals surface area (Å²) in [5.74, 6) is 2.30. The molecule has 1 aromatic rings. The first-order valence-corrected chi connectivity index (χ1v) is 5.58. The van der Waals surface area contributed by atoms with Gasteiger partial charge in [-0.15, -0.1) is 13.2 Å². The molecule has 0 N–H and O–H groups in total. The summed E-state index contributed by atoms with van der Waals surface area (Å²) in [6, 6.07) is 7.75. The molecule has 0 aliphatic carbocycles. The van der Waals surface area contributed by atoms with Crippen LogP contribution in [0.5, 0.6) is 11.5 Å². The van der Waals surface area contributed by atoms with Crippen LogP contribution >= 0.6 is 0 Å². The molecular formula is C14H22O2. The zero-order valence-corrected chi connectivity index (χ0v) is 10.5. The first-order valence-electron chi connectivity index (χ1n) is 5.58. The van der Waals surface area contributed by atoms with Crippen LogP contribution in [0, 0.1) is 5.92 Å². The van der Waals surface area contributed by atoms with Crippen LogP contribution in [0.15, 0.2) is 37.4 Å². The predicted octanol–water partition coefficient (Wildman–Crippen LogP) is 3.92. The summed E-state index contributed by atoms with van der Waals surface area (Å²) in [6.45, 7) is 13.7. The van der Waals surface area contributed by atoms with Gasteiger partial charge in [-0.3, -0.25) is 0 Å². The molecule has 1 aromatic carbocycles. The molecule has 0 aliphatic heterocycles. The molecular weight excluding hydrogens is 200 g/mol. The van der Waals surface area contributed by atoms with Gasteiger partial charge in [-0.2, -0.15) is 0 Å². The molecule has 0 amide bonds. The molecule has 0 aromatic heterocycles. The van der Waals surface area contributed by atoms with Gasteiger partial charge in [0.05, 0.1) is 13.2 Å². The Bertz CT molecular complexity index is 282. The molecule has 2 heteroatoms. The fourth-order valence-electron chi connectivity index (χ4n) is 1.08.